The zero-order valence-corrected chi connectivity index (χ0v) is 11.9. The average Bonchev–Trinajstić information content (AvgIpc) is 2.83. The molecule has 0 radical (unpaired) electrons. The first kappa shape index (κ1) is 12.0. The molecule has 0 unspecified atom stereocenters. The van der Waals surface area contributed by atoms with Crippen LogP contribution in [0.1, 0.15) is 5.82 Å². The highest BCUT2D eigenvalue weighted by Crippen LogP contribution is 2.22. The third kappa shape index (κ3) is 2.29. The third-order valence-corrected chi connectivity index (χ3v) is 3.33. The Bertz CT molecular complexity index is 689. The predicted octanol–water partition coefficient (Wildman–Crippen LogP) is 3.40. The summed E-state index contributed by atoms with van der Waals surface area (Å²) in [5.41, 5.74) is 1.83. The van der Waals surface area contributed by atoms with Crippen LogP contribution < -0.4 is 0 Å². The van der Waals surface area contributed by atoms with Crippen LogP contribution in [0.3, 0.4) is 0 Å². The molecule has 0 saturated carbocycles. The number of hydrogen-bond donors (Lipinski definition) is 0. The van der Waals surface area contributed by atoms with Gasteiger partial charge in [-0.2, -0.15) is 0 Å². The van der Waals surface area contributed by atoms with Crippen LogP contribution >= 0.6 is 15.9 Å². The highest BCUT2D eigenvalue weighted by atomic mass is 79.9. The smallest absolute Gasteiger partial charge is 0.187 e. The van der Waals surface area contributed by atoms with Crippen molar-refractivity contribution in [1.29, 1.82) is 0 Å². The van der Waals surface area contributed by atoms with Crippen molar-refractivity contribution >= 4 is 15.9 Å². The quantitative estimate of drug-likeness (QED) is 0.728. The molecule has 4 nitrogen and oxygen atoms in total. The lowest BCUT2D eigenvalue weighted by Gasteiger charge is -2.08. The van der Waals surface area contributed by atoms with Crippen molar-refractivity contribution < 1.29 is 0 Å². The molecule has 2 aromatic heterocycles. The molecule has 0 aliphatic heterocycles. The van der Waals surface area contributed by atoms with Gasteiger partial charge in [0.1, 0.15) is 11.5 Å². The standard InChI is InChI=1S/C14H11BrN4/c1-10-17-18-14(13-4-2-3-9-16-13)19(10)12-7-5-11(15)6-8-12/h2-9H,1H3. The number of aryl methyl sites for hydroxylation is 1. The van der Waals surface area contributed by atoms with Crippen molar-refractivity contribution in [1.82, 2.24) is 19.7 Å². The zero-order valence-electron chi connectivity index (χ0n) is 10.3. The highest BCUT2D eigenvalue weighted by molar-refractivity contribution is 9.10. The van der Waals surface area contributed by atoms with Crippen molar-refractivity contribution in [2.75, 3.05) is 0 Å². The average molecular weight is 315 g/mol. The van der Waals surface area contributed by atoms with E-state index >= 15 is 0 Å². The van der Waals surface area contributed by atoms with Gasteiger partial charge in [-0.3, -0.25) is 9.55 Å². The van der Waals surface area contributed by atoms with E-state index in [1.807, 2.05) is 54.0 Å². The van der Waals surface area contributed by atoms with Crippen LogP contribution in [-0.2, 0) is 0 Å². The number of aromatic nitrogens is 4. The SMILES string of the molecule is Cc1nnc(-c2ccccn2)n1-c1ccc(Br)cc1. The van der Waals surface area contributed by atoms with Crippen molar-refractivity contribution in [3.8, 4) is 17.2 Å². The van der Waals surface area contributed by atoms with Gasteiger partial charge in [0.05, 0.1) is 0 Å². The lowest BCUT2D eigenvalue weighted by molar-refractivity contribution is 0.969. The fraction of sp³-hybridized carbons (Fsp3) is 0.0714. The molecule has 19 heavy (non-hydrogen) atoms. The maximum atomic E-state index is 4.33. The molecule has 2 heterocycles. The van der Waals surface area contributed by atoms with Crippen LogP contribution in [0.5, 0.6) is 0 Å². The number of hydrogen-bond acceptors (Lipinski definition) is 3. The first-order chi connectivity index (χ1) is 9.25. The van der Waals surface area contributed by atoms with Crippen molar-refractivity contribution in [3.63, 3.8) is 0 Å². The van der Waals surface area contributed by atoms with Gasteiger partial charge in [-0.05, 0) is 43.3 Å². The predicted molar refractivity (Wildman–Crippen MR) is 77.0 cm³/mol. The van der Waals surface area contributed by atoms with Gasteiger partial charge >= 0.3 is 0 Å². The van der Waals surface area contributed by atoms with Gasteiger partial charge in [-0.15, -0.1) is 10.2 Å². The summed E-state index contributed by atoms with van der Waals surface area (Å²) in [7, 11) is 0. The first-order valence-electron chi connectivity index (χ1n) is 5.85. The van der Waals surface area contributed by atoms with E-state index in [2.05, 4.69) is 31.1 Å². The Kier molecular flexibility index (Phi) is 3.13. The molecule has 0 N–H and O–H groups in total. The van der Waals surface area contributed by atoms with Crippen LogP contribution in [0.2, 0.25) is 0 Å². The number of rotatable bonds is 2. The maximum Gasteiger partial charge on any atom is 0.187 e. The molecule has 0 amide bonds. The Hall–Kier alpha value is -2.01. The summed E-state index contributed by atoms with van der Waals surface area (Å²) in [6.07, 6.45) is 1.76. The van der Waals surface area contributed by atoms with Gasteiger partial charge < -0.3 is 0 Å². The van der Waals surface area contributed by atoms with E-state index < -0.39 is 0 Å². The molecule has 0 spiro atoms. The minimum Gasteiger partial charge on any atom is -0.278 e. The van der Waals surface area contributed by atoms with Gasteiger partial charge in [-0.1, -0.05) is 22.0 Å². The van der Waals surface area contributed by atoms with E-state index in [0.717, 1.165) is 27.5 Å². The molecule has 1 aromatic carbocycles. The largest absolute Gasteiger partial charge is 0.278 e. The lowest BCUT2D eigenvalue weighted by atomic mass is 10.3. The lowest BCUT2D eigenvalue weighted by Crippen LogP contribution is -2.00. The van der Waals surface area contributed by atoms with E-state index in [-0.39, 0.29) is 0 Å². The molecule has 94 valence electrons. The van der Waals surface area contributed by atoms with Gasteiger partial charge in [0.15, 0.2) is 5.82 Å². The number of halogens is 1. The Morgan fingerprint density at radius 3 is 2.47 bits per heavy atom. The van der Waals surface area contributed by atoms with Crippen LogP contribution in [0, 0.1) is 6.92 Å². The topological polar surface area (TPSA) is 43.6 Å². The molecule has 0 aliphatic carbocycles. The van der Waals surface area contributed by atoms with E-state index in [9.17, 15) is 0 Å². The highest BCUT2D eigenvalue weighted by Gasteiger charge is 2.13. The van der Waals surface area contributed by atoms with Gasteiger partial charge in [0, 0.05) is 16.4 Å². The molecular formula is C14H11BrN4. The summed E-state index contributed by atoms with van der Waals surface area (Å²) in [6.45, 7) is 1.93. The van der Waals surface area contributed by atoms with Crippen LogP contribution in [0.25, 0.3) is 17.2 Å². The minimum absolute atomic E-state index is 0.750. The fourth-order valence-corrected chi connectivity index (χ4v) is 2.19. The fourth-order valence-electron chi connectivity index (χ4n) is 1.92. The first-order valence-corrected chi connectivity index (χ1v) is 6.64. The monoisotopic (exact) mass is 314 g/mol. The van der Waals surface area contributed by atoms with Crippen LogP contribution in [-0.4, -0.2) is 19.7 Å². The molecule has 3 aromatic rings. The normalized spacial score (nSPS) is 10.6. The zero-order chi connectivity index (χ0) is 13.2. The summed E-state index contributed by atoms with van der Waals surface area (Å²) < 4.78 is 3.04. The van der Waals surface area contributed by atoms with Crippen molar-refractivity contribution in [2.24, 2.45) is 0 Å². The Morgan fingerprint density at radius 1 is 1.00 bits per heavy atom. The molecule has 3 rings (SSSR count). The summed E-state index contributed by atoms with van der Waals surface area (Å²) in [5, 5.41) is 8.38. The van der Waals surface area contributed by atoms with Crippen LogP contribution in [0.15, 0.2) is 53.1 Å². The molecule has 0 atom stereocenters. The summed E-state index contributed by atoms with van der Waals surface area (Å²) >= 11 is 3.44. The maximum absolute atomic E-state index is 4.33. The molecule has 5 heteroatoms. The Labute approximate surface area is 119 Å². The van der Waals surface area contributed by atoms with E-state index in [4.69, 9.17) is 0 Å². The van der Waals surface area contributed by atoms with Crippen molar-refractivity contribution in [3.05, 3.63) is 59.0 Å². The van der Waals surface area contributed by atoms with Crippen molar-refractivity contribution in [2.45, 2.75) is 6.92 Å². The van der Waals surface area contributed by atoms with E-state index in [1.165, 1.54) is 0 Å². The number of benzene rings is 1. The van der Waals surface area contributed by atoms with Gasteiger partial charge in [0.25, 0.3) is 0 Å². The number of nitrogens with zero attached hydrogens (tertiary/aromatic N) is 4. The summed E-state index contributed by atoms with van der Waals surface area (Å²) in [4.78, 5) is 4.33. The van der Waals surface area contributed by atoms with Gasteiger partial charge in [0.2, 0.25) is 0 Å². The molecule has 0 saturated heterocycles. The molecule has 0 aliphatic rings. The van der Waals surface area contributed by atoms with Gasteiger partial charge in [-0.25, -0.2) is 0 Å². The summed E-state index contributed by atoms with van der Waals surface area (Å²) in [5.74, 6) is 1.59. The summed E-state index contributed by atoms with van der Waals surface area (Å²) in [6, 6.07) is 13.8. The second kappa shape index (κ2) is 4.93. The number of pyridine rings is 1. The van der Waals surface area contributed by atoms with E-state index in [0.29, 0.717) is 0 Å². The van der Waals surface area contributed by atoms with E-state index in [1.54, 1.807) is 6.20 Å². The molecule has 0 bridgehead atoms. The second-order valence-corrected chi connectivity index (χ2v) is 5.01. The van der Waals surface area contributed by atoms with Crippen LogP contribution in [0.4, 0.5) is 0 Å². The minimum atomic E-state index is 0.750. The third-order valence-electron chi connectivity index (χ3n) is 2.80. The second-order valence-electron chi connectivity index (χ2n) is 4.10. The Balaban J connectivity index is 2.17. The molecule has 0 fully saturated rings. The molecular weight excluding hydrogens is 304 g/mol. The Morgan fingerprint density at radius 2 is 1.79 bits per heavy atom.